The molecule has 418 valence electrons. The SMILES string of the molecule is CO[C@@H]1C[C@H](C[C@@H](C)[C@@H]2CC(=O)[C@H](C)/C=C(\C)[C@@H](O)[C@@H](OC)C(=O)[C@H](C)C[C@H](C)/C=C/C=C/C=C(\C)[C@H](O[C@@H]3C[C@H]4C(=O)NCC(=O)N4C3)C[C@@H]3CC[C@@H](C)[C@@](O)(O3)C(=O)C(=O)N3CCCC[C@H]3C(=O)O2)CC[C@H]1O. The molecular formula is C57H85N3O15. The van der Waals surface area contributed by atoms with Gasteiger partial charge in [-0.15, -0.1) is 0 Å². The normalized spacial score (nSPS) is 40.5. The molecule has 17 atom stereocenters. The number of ether oxygens (including phenoxy) is 5. The number of amides is 3. The number of esters is 1. The number of aliphatic hydroxyl groups excluding tert-OH is 2. The van der Waals surface area contributed by atoms with Gasteiger partial charge in [0.2, 0.25) is 17.6 Å². The fourth-order valence-corrected chi connectivity index (χ4v) is 12.0. The summed E-state index contributed by atoms with van der Waals surface area (Å²) in [5.41, 5.74) is 1.12. The van der Waals surface area contributed by atoms with E-state index in [1.165, 1.54) is 12.0 Å². The Bertz CT molecular complexity index is 2170. The molecule has 0 aromatic heterocycles. The minimum Gasteiger partial charge on any atom is -0.460 e. The number of Topliss-reactive ketones (excluding diaryl/α,β-unsaturated/α-hetero) is 3. The Morgan fingerprint density at radius 3 is 2.29 bits per heavy atom. The first kappa shape index (κ1) is 59.8. The van der Waals surface area contributed by atoms with E-state index >= 15 is 0 Å². The lowest BCUT2D eigenvalue weighted by Gasteiger charge is -2.43. The summed E-state index contributed by atoms with van der Waals surface area (Å²) in [4.78, 5) is 99.9. The van der Waals surface area contributed by atoms with E-state index in [9.17, 15) is 48.9 Å². The highest BCUT2D eigenvalue weighted by atomic mass is 16.6. The number of ketones is 3. The van der Waals surface area contributed by atoms with Crippen LogP contribution in [0.5, 0.6) is 0 Å². The summed E-state index contributed by atoms with van der Waals surface area (Å²) in [5.74, 6) is -9.07. The minimum absolute atomic E-state index is 0.0365. The molecule has 3 amide bonds. The molecule has 6 rings (SSSR count). The number of hydrogen-bond donors (Lipinski definition) is 4. The molecule has 0 aromatic rings. The van der Waals surface area contributed by atoms with Gasteiger partial charge in [-0.05, 0) is 107 Å². The van der Waals surface area contributed by atoms with Crippen molar-refractivity contribution in [3.05, 3.63) is 47.6 Å². The van der Waals surface area contributed by atoms with Crippen molar-refractivity contribution in [3.8, 4) is 0 Å². The van der Waals surface area contributed by atoms with E-state index in [4.69, 9.17) is 23.7 Å². The van der Waals surface area contributed by atoms with Crippen LogP contribution in [0, 0.1) is 35.5 Å². The number of fused-ring (bicyclic) bond motifs is 4. The van der Waals surface area contributed by atoms with Crippen LogP contribution >= 0.6 is 0 Å². The summed E-state index contributed by atoms with van der Waals surface area (Å²) in [6.45, 7) is 12.6. The highest BCUT2D eigenvalue weighted by Gasteiger charge is 2.53. The molecule has 2 bridgehead atoms. The van der Waals surface area contributed by atoms with E-state index in [0.29, 0.717) is 63.4 Å². The maximum Gasteiger partial charge on any atom is 0.329 e. The van der Waals surface area contributed by atoms with Crippen LogP contribution in [0.15, 0.2) is 47.6 Å². The molecule has 18 nitrogen and oxygen atoms in total. The fourth-order valence-electron chi connectivity index (χ4n) is 12.0. The number of piperazine rings is 1. The second kappa shape index (κ2) is 26.8. The van der Waals surface area contributed by atoms with E-state index in [1.54, 1.807) is 40.9 Å². The van der Waals surface area contributed by atoms with Gasteiger partial charge < -0.3 is 54.1 Å². The second-order valence-electron chi connectivity index (χ2n) is 22.6. The number of aliphatic hydroxyl groups is 3. The number of rotatable bonds is 7. The largest absolute Gasteiger partial charge is 0.460 e. The van der Waals surface area contributed by atoms with Crippen molar-refractivity contribution in [2.24, 2.45) is 35.5 Å². The van der Waals surface area contributed by atoms with Crippen LogP contribution in [0.3, 0.4) is 0 Å². The third-order valence-electron chi connectivity index (χ3n) is 16.9. The Morgan fingerprint density at radius 1 is 0.840 bits per heavy atom. The molecule has 4 saturated heterocycles. The lowest BCUT2D eigenvalue weighted by molar-refractivity contribution is -0.266. The molecule has 5 heterocycles. The van der Waals surface area contributed by atoms with Gasteiger partial charge in [0.1, 0.15) is 36.2 Å². The second-order valence-corrected chi connectivity index (χ2v) is 22.6. The van der Waals surface area contributed by atoms with Crippen LogP contribution in [0.2, 0.25) is 0 Å². The predicted molar refractivity (Wildman–Crippen MR) is 276 cm³/mol. The minimum atomic E-state index is -2.55. The number of hydrogen-bond acceptors (Lipinski definition) is 15. The third kappa shape index (κ3) is 14.8. The summed E-state index contributed by atoms with van der Waals surface area (Å²) in [5, 5.41) is 37.0. The number of nitrogens with zero attached hydrogens (tertiary/aromatic N) is 2. The molecule has 1 saturated carbocycles. The monoisotopic (exact) mass is 1050 g/mol. The number of nitrogens with one attached hydrogen (secondary N) is 1. The van der Waals surface area contributed by atoms with Crippen molar-refractivity contribution in [1.29, 1.82) is 0 Å². The van der Waals surface area contributed by atoms with Crippen molar-refractivity contribution >= 4 is 41.0 Å². The Hall–Kier alpha value is -4.43. The number of carbonyl (C=O) groups excluding carboxylic acids is 7. The number of allylic oxidation sites excluding steroid dienone is 6. The Morgan fingerprint density at radius 2 is 1.59 bits per heavy atom. The molecule has 4 N–H and O–H groups in total. The summed E-state index contributed by atoms with van der Waals surface area (Å²) in [6, 6.07) is -1.87. The number of cyclic esters (lactones) is 1. The van der Waals surface area contributed by atoms with Gasteiger partial charge in [-0.1, -0.05) is 71.1 Å². The molecule has 1 aliphatic carbocycles. The van der Waals surface area contributed by atoms with Crippen molar-refractivity contribution in [2.75, 3.05) is 33.9 Å². The van der Waals surface area contributed by atoms with Gasteiger partial charge in [0.15, 0.2) is 5.78 Å². The van der Waals surface area contributed by atoms with Gasteiger partial charge in [0.05, 0.1) is 37.1 Å². The van der Waals surface area contributed by atoms with Crippen LogP contribution in [-0.4, -0.2) is 167 Å². The van der Waals surface area contributed by atoms with Crippen LogP contribution < -0.4 is 5.32 Å². The Labute approximate surface area is 443 Å². The van der Waals surface area contributed by atoms with Gasteiger partial charge in [0.25, 0.3) is 11.7 Å². The maximum absolute atomic E-state index is 14.5. The Kier molecular flexibility index (Phi) is 21.3. The molecular weight excluding hydrogens is 967 g/mol. The smallest absolute Gasteiger partial charge is 0.329 e. The van der Waals surface area contributed by atoms with E-state index in [0.717, 1.165) is 10.5 Å². The summed E-state index contributed by atoms with van der Waals surface area (Å²) >= 11 is 0. The van der Waals surface area contributed by atoms with Gasteiger partial charge in [-0.3, -0.25) is 28.8 Å². The van der Waals surface area contributed by atoms with Crippen molar-refractivity contribution in [3.63, 3.8) is 0 Å². The van der Waals surface area contributed by atoms with E-state index in [1.807, 2.05) is 51.2 Å². The summed E-state index contributed by atoms with van der Waals surface area (Å²) in [7, 11) is 2.92. The van der Waals surface area contributed by atoms with Crippen LogP contribution in [0.4, 0.5) is 0 Å². The summed E-state index contributed by atoms with van der Waals surface area (Å²) in [6.07, 6.45) is 9.47. The van der Waals surface area contributed by atoms with E-state index in [2.05, 4.69) is 5.32 Å². The quantitative estimate of drug-likeness (QED) is 0.154. The van der Waals surface area contributed by atoms with Gasteiger partial charge in [-0.25, -0.2) is 4.79 Å². The zero-order valence-electron chi connectivity index (χ0n) is 45.7. The molecule has 0 spiro atoms. The first-order valence-electron chi connectivity index (χ1n) is 27.4. The van der Waals surface area contributed by atoms with Crippen LogP contribution in [0.25, 0.3) is 0 Å². The van der Waals surface area contributed by atoms with Crippen molar-refractivity contribution in [2.45, 2.75) is 199 Å². The topological polar surface area (TPSA) is 245 Å². The molecule has 0 radical (unpaired) electrons. The molecule has 5 fully saturated rings. The van der Waals surface area contributed by atoms with Gasteiger partial charge in [0, 0.05) is 64.3 Å². The zero-order valence-corrected chi connectivity index (χ0v) is 45.7. The highest BCUT2D eigenvalue weighted by molar-refractivity contribution is 6.39. The van der Waals surface area contributed by atoms with Gasteiger partial charge in [-0.2, -0.15) is 0 Å². The lowest BCUT2D eigenvalue weighted by Crippen LogP contribution is -2.61. The highest BCUT2D eigenvalue weighted by Crippen LogP contribution is 2.39. The molecule has 0 aromatic carbocycles. The zero-order chi connectivity index (χ0) is 54.9. The first-order chi connectivity index (χ1) is 35.6. The van der Waals surface area contributed by atoms with Crippen molar-refractivity contribution < 1.29 is 72.6 Å². The molecule has 18 heteroatoms. The van der Waals surface area contributed by atoms with Crippen LogP contribution in [0.1, 0.15) is 132 Å². The fraction of sp³-hybridized carbons (Fsp3) is 0.737. The molecule has 0 unspecified atom stereocenters. The van der Waals surface area contributed by atoms with Gasteiger partial charge >= 0.3 is 5.97 Å². The molecule has 75 heavy (non-hydrogen) atoms. The van der Waals surface area contributed by atoms with Crippen LogP contribution in [-0.2, 0) is 57.2 Å². The average molecular weight is 1050 g/mol. The number of carbonyl (C=O) groups is 7. The lowest BCUT2D eigenvalue weighted by atomic mass is 9.78. The standard InChI is InChI=1S/C57H85N3O15/c1-32-15-11-10-12-16-33(2)46(73-41-27-43-54(67)58-30-49(63)60(43)31-41)28-40-20-18-38(7)57(70,75-40)53(66)55(68)59-22-14-13-17-42(59)56(69)74-47(35(4)25-39-19-21-44(61)48(26-39)71-8)29-45(62)34(3)24-37(6)51(65)52(72-9)50(64)36(5)23-32/h10-12,15-16,24,32,34-36,38-44,46-48,51-52,61,65,70H,13-14,17-23,25-31H2,1-9H3,(H,58,67)/b12-10+,15-11+,33-16+,37-24+/t32-,34-,35-,36-,38-,39+,40+,41-,42+,43+,44-,46-,47+,48-,51-,52+,57-/m1/s1. The van der Waals surface area contributed by atoms with E-state index in [-0.39, 0.29) is 92.6 Å². The van der Waals surface area contributed by atoms with Crippen molar-refractivity contribution in [1.82, 2.24) is 15.1 Å². The maximum atomic E-state index is 14.5. The predicted octanol–water partition coefficient (Wildman–Crippen LogP) is 4.65. The number of piperidine rings is 1. The Balaban J connectivity index is 1.32. The average Bonchev–Trinajstić information content (AvgIpc) is 3.83. The molecule has 5 aliphatic heterocycles. The molecule has 6 aliphatic rings. The third-order valence-corrected chi connectivity index (χ3v) is 16.9. The summed E-state index contributed by atoms with van der Waals surface area (Å²) < 4.78 is 30.5. The van der Waals surface area contributed by atoms with E-state index < -0.39 is 96.0 Å². The number of methoxy groups -OCH3 is 2. The first-order valence-corrected chi connectivity index (χ1v) is 27.4.